The first-order chi connectivity index (χ1) is 13.1. The lowest BCUT2D eigenvalue weighted by atomic mass is 10.0. The summed E-state index contributed by atoms with van der Waals surface area (Å²) in [5, 5.41) is 0. The van der Waals surface area contributed by atoms with Crippen LogP contribution in [0.15, 0.2) is 0 Å². The summed E-state index contributed by atoms with van der Waals surface area (Å²) in [5.74, 6) is 0. The van der Waals surface area contributed by atoms with Crippen molar-refractivity contribution < 1.29 is 22.6 Å². The van der Waals surface area contributed by atoms with Gasteiger partial charge in [0.05, 0.1) is 0 Å². The van der Waals surface area contributed by atoms with Crippen molar-refractivity contribution in [3.8, 4) is 0 Å². The molecule has 0 radical (unpaired) electrons. The minimum Gasteiger partial charge on any atom is -0.353 e. The van der Waals surface area contributed by atoms with Gasteiger partial charge in [-0.25, -0.2) is 0 Å². The number of ether oxygens (including phenoxy) is 2. The maximum absolute atomic E-state index is 12.0. The lowest BCUT2D eigenvalue weighted by Crippen LogP contribution is -2.11. The smallest absolute Gasteiger partial charge is 0.353 e. The van der Waals surface area contributed by atoms with E-state index in [2.05, 4.69) is 0 Å². The van der Waals surface area contributed by atoms with Gasteiger partial charge < -0.3 is 9.47 Å². The van der Waals surface area contributed by atoms with Crippen molar-refractivity contribution in [2.24, 2.45) is 0 Å². The summed E-state index contributed by atoms with van der Waals surface area (Å²) in [6.07, 6.45) is 14.8. The average Bonchev–Trinajstić information content (AvgIpc) is 3.13. The molecule has 27 heavy (non-hydrogen) atoms. The van der Waals surface area contributed by atoms with Crippen molar-refractivity contribution in [2.75, 3.05) is 13.2 Å². The fourth-order valence-electron chi connectivity index (χ4n) is 3.62. The third kappa shape index (κ3) is 17.5. The van der Waals surface area contributed by atoms with E-state index in [0.29, 0.717) is 6.42 Å². The lowest BCUT2D eigenvalue weighted by molar-refractivity contribution is -0.135. The molecule has 0 aromatic carbocycles. The molecule has 2 nitrogen and oxygen atoms in total. The van der Waals surface area contributed by atoms with E-state index in [0.717, 1.165) is 51.7 Å². The molecule has 1 aliphatic heterocycles. The van der Waals surface area contributed by atoms with Crippen LogP contribution in [0.5, 0.6) is 0 Å². The van der Waals surface area contributed by atoms with E-state index in [-0.39, 0.29) is 6.29 Å². The summed E-state index contributed by atoms with van der Waals surface area (Å²) < 4.78 is 47.1. The molecule has 1 saturated heterocycles. The van der Waals surface area contributed by atoms with E-state index in [4.69, 9.17) is 9.47 Å². The minimum absolute atomic E-state index is 0.0689. The molecule has 0 spiro atoms. The topological polar surface area (TPSA) is 18.5 Å². The summed E-state index contributed by atoms with van der Waals surface area (Å²) in [5.41, 5.74) is 0. The first-order valence-electron chi connectivity index (χ1n) is 11.4. The van der Waals surface area contributed by atoms with Gasteiger partial charge in [-0.05, 0) is 19.3 Å². The van der Waals surface area contributed by atoms with Crippen LogP contribution < -0.4 is 0 Å². The first-order valence-corrected chi connectivity index (χ1v) is 11.4. The van der Waals surface area contributed by atoms with Crippen LogP contribution in [0.1, 0.15) is 116 Å². The van der Waals surface area contributed by atoms with Crippen LogP contribution in [0.25, 0.3) is 0 Å². The Balaban J connectivity index is 1.65. The van der Waals surface area contributed by atoms with E-state index in [1.807, 2.05) is 0 Å². The fourth-order valence-corrected chi connectivity index (χ4v) is 3.62. The molecule has 1 unspecified atom stereocenters. The molecule has 1 heterocycles. The molecular formula is C22H41F3O2. The van der Waals surface area contributed by atoms with Crippen molar-refractivity contribution in [3.63, 3.8) is 0 Å². The second kappa shape index (κ2) is 16.6. The molecule has 0 aromatic heterocycles. The van der Waals surface area contributed by atoms with Crippen LogP contribution >= 0.6 is 0 Å². The largest absolute Gasteiger partial charge is 0.389 e. The second-order valence-electron chi connectivity index (χ2n) is 7.98. The van der Waals surface area contributed by atoms with E-state index in [9.17, 15) is 13.2 Å². The molecule has 0 N–H and O–H groups in total. The van der Waals surface area contributed by atoms with Crippen molar-refractivity contribution >= 4 is 0 Å². The van der Waals surface area contributed by atoms with E-state index < -0.39 is 12.6 Å². The van der Waals surface area contributed by atoms with E-state index in [1.54, 1.807) is 0 Å². The highest BCUT2D eigenvalue weighted by Gasteiger charge is 2.25. The molecule has 0 aromatic rings. The average molecular weight is 395 g/mol. The Morgan fingerprint density at radius 3 is 1.52 bits per heavy atom. The van der Waals surface area contributed by atoms with E-state index in [1.165, 1.54) is 64.2 Å². The number of unbranched alkanes of at least 4 members (excludes halogenated alkanes) is 14. The number of rotatable bonds is 18. The molecule has 0 saturated carbocycles. The zero-order valence-electron chi connectivity index (χ0n) is 17.2. The van der Waals surface area contributed by atoms with Crippen molar-refractivity contribution in [3.05, 3.63) is 0 Å². The standard InChI is InChI=1S/C22H41F3O2/c23-22(24,25)18-14-12-10-8-6-4-2-1-3-5-7-9-11-13-15-19-26-21-17-16-20-27-21/h21H,1-20H2. The maximum atomic E-state index is 12.0. The summed E-state index contributed by atoms with van der Waals surface area (Å²) >= 11 is 0. The SMILES string of the molecule is FC(F)(F)CCCCCCCCCCCCCCCCCOC1CCCO1. The number of halogens is 3. The van der Waals surface area contributed by atoms with Gasteiger partial charge in [-0.1, -0.05) is 83.5 Å². The Morgan fingerprint density at radius 2 is 1.11 bits per heavy atom. The highest BCUT2D eigenvalue weighted by Crippen LogP contribution is 2.23. The lowest BCUT2D eigenvalue weighted by Gasteiger charge is -2.10. The van der Waals surface area contributed by atoms with Crippen LogP contribution in [0.2, 0.25) is 0 Å². The molecule has 0 bridgehead atoms. The van der Waals surface area contributed by atoms with Gasteiger partial charge in [-0.3, -0.25) is 0 Å². The molecule has 5 heteroatoms. The van der Waals surface area contributed by atoms with Gasteiger partial charge in [0, 0.05) is 26.1 Å². The van der Waals surface area contributed by atoms with Crippen LogP contribution in [-0.4, -0.2) is 25.7 Å². The third-order valence-corrected chi connectivity index (χ3v) is 5.30. The molecule has 0 aliphatic carbocycles. The summed E-state index contributed by atoms with van der Waals surface area (Å²) in [7, 11) is 0. The molecule has 162 valence electrons. The predicted molar refractivity (Wildman–Crippen MR) is 105 cm³/mol. The third-order valence-electron chi connectivity index (χ3n) is 5.30. The van der Waals surface area contributed by atoms with Gasteiger partial charge >= 0.3 is 6.18 Å². The summed E-state index contributed by atoms with van der Waals surface area (Å²) in [6, 6.07) is 0. The van der Waals surface area contributed by atoms with Gasteiger partial charge in [0.1, 0.15) is 0 Å². The molecule has 1 aliphatic rings. The van der Waals surface area contributed by atoms with Gasteiger partial charge in [0.15, 0.2) is 6.29 Å². The summed E-state index contributed by atoms with van der Waals surface area (Å²) in [6.45, 7) is 1.70. The van der Waals surface area contributed by atoms with Crippen molar-refractivity contribution in [1.29, 1.82) is 0 Å². The fraction of sp³-hybridized carbons (Fsp3) is 1.00. The Labute approximate surface area is 164 Å². The molecular weight excluding hydrogens is 353 g/mol. The maximum Gasteiger partial charge on any atom is 0.389 e. The highest BCUT2D eigenvalue weighted by atomic mass is 19.4. The monoisotopic (exact) mass is 394 g/mol. The van der Waals surface area contributed by atoms with Crippen LogP contribution in [-0.2, 0) is 9.47 Å². The van der Waals surface area contributed by atoms with Gasteiger partial charge in [-0.2, -0.15) is 13.2 Å². The molecule has 1 rings (SSSR count). The van der Waals surface area contributed by atoms with Crippen LogP contribution in [0.4, 0.5) is 13.2 Å². The van der Waals surface area contributed by atoms with E-state index >= 15 is 0 Å². The van der Waals surface area contributed by atoms with Crippen molar-refractivity contribution in [1.82, 2.24) is 0 Å². The highest BCUT2D eigenvalue weighted by molar-refractivity contribution is 4.55. The first kappa shape index (κ1) is 24.7. The Bertz CT molecular complexity index is 315. The zero-order valence-corrected chi connectivity index (χ0v) is 17.2. The Hall–Kier alpha value is -0.290. The quantitative estimate of drug-likeness (QED) is 0.220. The molecule has 1 fully saturated rings. The number of alkyl halides is 3. The van der Waals surface area contributed by atoms with Gasteiger partial charge in [0.2, 0.25) is 0 Å². The van der Waals surface area contributed by atoms with Crippen LogP contribution in [0, 0.1) is 0 Å². The number of hydrogen-bond acceptors (Lipinski definition) is 2. The van der Waals surface area contributed by atoms with Gasteiger partial charge in [0.25, 0.3) is 0 Å². The molecule has 0 amide bonds. The molecule has 1 atom stereocenters. The Morgan fingerprint density at radius 1 is 0.667 bits per heavy atom. The van der Waals surface area contributed by atoms with Crippen molar-refractivity contribution in [2.45, 2.75) is 128 Å². The van der Waals surface area contributed by atoms with Gasteiger partial charge in [-0.15, -0.1) is 0 Å². The summed E-state index contributed by atoms with van der Waals surface area (Å²) in [4.78, 5) is 0. The number of hydrogen-bond donors (Lipinski definition) is 0. The normalized spacial score (nSPS) is 17.7. The minimum atomic E-state index is -3.97. The predicted octanol–water partition coefficient (Wildman–Crippen LogP) is 7.94. The zero-order chi connectivity index (χ0) is 19.6. The van der Waals surface area contributed by atoms with Crippen LogP contribution in [0.3, 0.4) is 0 Å². The second-order valence-corrected chi connectivity index (χ2v) is 7.98. The Kier molecular flexibility index (Phi) is 15.3.